The van der Waals surface area contributed by atoms with Gasteiger partial charge in [0.1, 0.15) is 11.6 Å². The van der Waals surface area contributed by atoms with E-state index in [-0.39, 0.29) is 23.9 Å². The molecule has 1 aromatic rings. The number of Topliss-reactive ketones (excluding diaryl/α,β-unsaturated/α-hetero) is 1. The first kappa shape index (κ1) is 12.3. The molecule has 15 heavy (non-hydrogen) atoms. The third-order valence-electron chi connectivity index (χ3n) is 2.28. The molecular weight excluding hydrogens is 261 g/mol. The summed E-state index contributed by atoms with van der Waals surface area (Å²) < 4.78 is 14.1. The Hall–Kier alpha value is -0.740. The molecule has 0 heterocycles. The molecule has 1 atom stereocenters. The molecule has 0 fully saturated rings. The van der Waals surface area contributed by atoms with E-state index in [4.69, 9.17) is 5.73 Å². The molecule has 0 aliphatic rings. The SMILES string of the molecule is CC(CN)C(=O)Cc1cc(Br)ccc1F. The highest BCUT2D eigenvalue weighted by atomic mass is 79.9. The quantitative estimate of drug-likeness (QED) is 0.915. The van der Waals surface area contributed by atoms with E-state index in [0.717, 1.165) is 4.47 Å². The number of rotatable bonds is 4. The van der Waals surface area contributed by atoms with Crippen molar-refractivity contribution in [2.45, 2.75) is 13.3 Å². The van der Waals surface area contributed by atoms with Crippen molar-refractivity contribution in [3.63, 3.8) is 0 Å². The lowest BCUT2D eigenvalue weighted by Crippen LogP contribution is -2.22. The molecule has 4 heteroatoms. The molecule has 0 saturated heterocycles. The van der Waals surface area contributed by atoms with Gasteiger partial charge in [-0.1, -0.05) is 22.9 Å². The fourth-order valence-electron chi connectivity index (χ4n) is 1.17. The summed E-state index contributed by atoms with van der Waals surface area (Å²) in [5.41, 5.74) is 5.78. The average molecular weight is 274 g/mol. The van der Waals surface area contributed by atoms with Crippen LogP contribution in [0.3, 0.4) is 0 Å². The van der Waals surface area contributed by atoms with Gasteiger partial charge in [-0.15, -0.1) is 0 Å². The molecule has 82 valence electrons. The average Bonchev–Trinajstić information content (AvgIpc) is 2.22. The van der Waals surface area contributed by atoms with Gasteiger partial charge in [0.05, 0.1) is 0 Å². The zero-order valence-electron chi connectivity index (χ0n) is 8.47. The van der Waals surface area contributed by atoms with Gasteiger partial charge in [-0.2, -0.15) is 0 Å². The number of nitrogens with two attached hydrogens (primary N) is 1. The van der Waals surface area contributed by atoms with Crippen LogP contribution in [0.4, 0.5) is 4.39 Å². The molecule has 2 nitrogen and oxygen atoms in total. The summed E-state index contributed by atoms with van der Waals surface area (Å²) in [6.07, 6.45) is 0.101. The fourth-order valence-corrected chi connectivity index (χ4v) is 1.58. The van der Waals surface area contributed by atoms with Crippen LogP contribution in [0.2, 0.25) is 0 Å². The van der Waals surface area contributed by atoms with Gasteiger partial charge in [-0.25, -0.2) is 4.39 Å². The van der Waals surface area contributed by atoms with Crippen LogP contribution in [0.15, 0.2) is 22.7 Å². The van der Waals surface area contributed by atoms with Crippen LogP contribution in [-0.2, 0) is 11.2 Å². The Morgan fingerprint density at radius 1 is 1.60 bits per heavy atom. The second-order valence-corrected chi connectivity index (χ2v) is 4.43. The molecular formula is C11H13BrFNO. The van der Waals surface area contributed by atoms with E-state index in [9.17, 15) is 9.18 Å². The van der Waals surface area contributed by atoms with Crippen molar-refractivity contribution in [1.82, 2.24) is 0 Å². The van der Waals surface area contributed by atoms with Crippen molar-refractivity contribution in [2.75, 3.05) is 6.54 Å². The van der Waals surface area contributed by atoms with Crippen molar-refractivity contribution in [2.24, 2.45) is 11.7 Å². The van der Waals surface area contributed by atoms with Crippen LogP contribution in [0.25, 0.3) is 0 Å². The molecule has 1 rings (SSSR count). The lowest BCUT2D eigenvalue weighted by Gasteiger charge is -2.08. The van der Waals surface area contributed by atoms with E-state index in [0.29, 0.717) is 12.1 Å². The van der Waals surface area contributed by atoms with E-state index in [1.165, 1.54) is 6.07 Å². The number of hydrogen-bond acceptors (Lipinski definition) is 2. The third-order valence-corrected chi connectivity index (χ3v) is 2.77. The van der Waals surface area contributed by atoms with Crippen LogP contribution < -0.4 is 5.73 Å². The molecule has 0 bridgehead atoms. The summed E-state index contributed by atoms with van der Waals surface area (Å²) >= 11 is 3.24. The smallest absolute Gasteiger partial charge is 0.141 e. The first-order valence-electron chi connectivity index (χ1n) is 4.71. The summed E-state index contributed by atoms with van der Waals surface area (Å²) in [5.74, 6) is -0.603. The number of carbonyl (C=O) groups is 1. The van der Waals surface area contributed by atoms with Gasteiger partial charge in [0, 0.05) is 23.4 Å². The van der Waals surface area contributed by atoms with Crippen molar-refractivity contribution in [1.29, 1.82) is 0 Å². The van der Waals surface area contributed by atoms with Crippen LogP contribution in [0, 0.1) is 11.7 Å². The van der Waals surface area contributed by atoms with Crippen LogP contribution in [0.1, 0.15) is 12.5 Å². The van der Waals surface area contributed by atoms with Crippen LogP contribution in [-0.4, -0.2) is 12.3 Å². The first-order chi connectivity index (χ1) is 7.04. The minimum absolute atomic E-state index is 0.0329. The Labute approximate surface area is 96.8 Å². The number of carbonyl (C=O) groups excluding carboxylic acids is 1. The van der Waals surface area contributed by atoms with Crippen molar-refractivity contribution in [3.8, 4) is 0 Å². The molecule has 0 amide bonds. The Bertz CT molecular complexity index is 368. The van der Waals surface area contributed by atoms with Gasteiger partial charge in [-0.3, -0.25) is 4.79 Å². The highest BCUT2D eigenvalue weighted by Crippen LogP contribution is 2.17. The van der Waals surface area contributed by atoms with E-state index in [2.05, 4.69) is 15.9 Å². The molecule has 0 aliphatic carbocycles. The summed E-state index contributed by atoms with van der Waals surface area (Å²) in [4.78, 5) is 11.5. The first-order valence-corrected chi connectivity index (χ1v) is 5.50. The topological polar surface area (TPSA) is 43.1 Å². The Kier molecular flexibility index (Phi) is 4.42. The van der Waals surface area contributed by atoms with E-state index in [1.807, 2.05) is 0 Å². The highest BCUT2D eigenvalue weighted by molar-refractivity contribution is 9.10. The normalized spacial score (nSPS) is 12.5. The lowest BCUT2D eigenvalue weighted by molar-refractivity contribution is -0.121. The zero-order chi connectivity index (χ0) is 11.4. The molecule has 0 radical (unpaired) electrons. The zero-order valence-corrected chi connectivity index (χ0v) is 10.1. The summed E-state index contributed by atoms with van der Waals surface area (Å²) in [7, 11) is 0. The van der Waals surface area contributed by atoms with Crippen LogP contribution in [0.5, 0.6) is 0 Å². The second-order valence-electron chi connectivity index (χ2n) is 3.52. The van der Waals surface area contributed by atoms with E-state index < -0.39 is 0 Å². The summed E-state index contributed by atoms with van der Waals surface area (Å²) in [6.45, 7) is 2.05. The number of hydrogen-bond donors (Lipinski definition) is 1. The van der Waals surface area contributed by atoms with Gasteiger partial charge in [0.25, 0.3) is 0 Å². The van der Waals surface area contributed by atoms with E-state index >= 15 is 0 Å². The minimum Gasteiger partial charge on any atom is -0.330 e. The van der Waals surface area contributed by atoms with E-state index in [1.54, 1.807) is 19.1 Å². The number of halogens is 2. The van der Waals surface area contributed by atoms with Crippen molar-refractivity contribution < 1.29 is 9.18 Å². The van der Waals surface area contributed by atoms with Gasteiger partial charge >= 0.3 is 0 Å². The molecule has 0 aromatic heterocycles. The lowest BCUT2D eigenvalue weighted by atomic mass is 9.99. The minimum atomic E-state index is -0.351. The van der Waals surface area contributed by atoms with Gasteiger partial charge in [0.15, 0.2) is 0 Å². The Balaban J connectivity index is 2.80. The van der Waals surface area contributed by atoms with Crippen LogP contribution >= 0.6 is 15.9 Å². The monoisotopic (exact) mass is 273 g/mol. The molecule has 0 saturated carbocycles. The fraction of sp³-hybridized carbons (Fsp3) is 0.364. The Morgan fingerprint density at radius 2 is 2.27 bits per heavy atom. The summed E-state index contributed by atoms with van der Waals surface area (Å²) in [5, 5.41) is 0. The summed E-state index contributed by atoms with van der Waals surface area (Å²) in [6, 6.07) is 4.58. The molecule has 1 aromatic carbocycles. The number of ketones is 1. The maximum absolute atomic E-state index is 13.3. The highest BCUT2D eigenvalue weighted by Gasteiger charge is 2.14. The molecule has 0 aliphatic heterocycles. The molecule has 2 N–H and O–H groups in total. The molecule has 1 unspecified atom stereocenters. The Morgan fingerprint density at radius 3 is 2.87 bits per heavy atom. The third kappa shape index (κ3) is 3.39. The van der Waals surface area contributed by atoms with Crippen molar-refractivity contribution >= 4 is 21.7 Å². The predicted octanol–water partition coefficient (Wildman–Crippen LogP) is 2.29. The standard InChI is InChI=1S/C11H13BrFNO/c1-7(6-14)11(15)5-8-4-9(12)2-3-10(8)13/h2-4,7H,5-6,14H2,1H3. The van der Waals surface area contributed by atoms with Gasteiger partial charge in [0.2, 0.25) is 0 Å². The van der Waals surface area contributed by atoms with Gasteiger partial charge < -0.3 is 5.73 Å². The van der Waals surface area contributed by atoms with Gasteiger partial charge in [-0.05, 0) is 23.8 Å². The largest absolute Gasteiger partial charge is 0.330 e. The molecule has 0 spiro atoms. The van der Waals surface area contributed by atoms with Crippen molar-refractivity contribution in [3.05, 3.63) is 34.1 Å². The maximum atomic E-state index is 13.3. The maximum Gasteiger partial charge on any atom is 0.141 e. The number of benzene rings is 1. The predicted molar refractivity (Wildman–Crippen MR) is 61.0 cm³/mol. The second kappa shape index (κ2) is 5.37.